The number of fused-ring (bicyclic) bond motifs is 1. The fourth-order valence-electron chi connectivity index (χ4n) is 6.26. The topological polar surface area (TPSA) is 291 Å². The summed E-state index contributed by atoms with van der Waals surface area (Å²) in [7, 11) is -5.69. The van der Waals surface area contributed by atoms with Gasteiger partial charge in [-0.05, 0) is 42.8 Å². The van der Waals surface area contributed by atoms with Gasteiger partial charge in [0.15, 0.2) is 25.7 Å². The average Bonchev–Trinajstić information content (AvgIpc) is 3.85. The Kier molecular flexibility index (Phi) is 15.2. The van der Waals surface area contributed by atoms with Gasteiger partial charge in [-0.15, -0.1) is 9.42 Å². The molecule has 2 unspecified atom stereocenters. The minimum absolute atomic E-state index is 0.0153. The number of carbonyl (C=O) groups excluding carboxylic acids is 1. The van der Waals surface area contributed by atoms with Crippen LogP contribution in [0.4, 0.5) is 11.8 Å². The summed E-state index contributed by atoms with van der Waals surface area (Å²) >= 11 is 6.03. The van der Waals surface area contributed by atoms with Crippen LogP contribution in [0.15, 0.2) is 23.6 Å². The molecule has 0 spiro atoms. The fourth-order valence-corrected chi connectivity index (χ4v) is 10.2. The highest BCUT2D eigenvalue weighted by molar-refractivity contribution is 8.07. The van der Waals surface area contributed by atoms with Gasteiger partial charge in [0.1, 0.15) is 48.2 Å². The molecule has 1 aliphatic heterocycles. The molecule has 5 N–H and O–H groups in total. The summed E-state index contributed by atoms with van der Waals surface area (Å²) in [4.78, 5) is 54.8. The van der Waals surface area contributed by atoms with Gasteiger partial charge < -0.3 is 28.6 Å². The fraction of sp³-hybridized carbons (Fsp3) is 0.647. The molecule has 25 heteroatoms. The molecule has 320 valence electrons. The molecular formula is C34H49N10O11P2SSi+. The molecule has 0 radical (unpaired) electrons. The Hall–Kier alpha value is -3.67. The molecule has 5 rings (SSSR count). The Morgan fingerprint density at radius 1 is 1.24 bits per heavy atom. The summed E-state index contributed by atoms with van der Waals surface area (Å²) in [6, 6.07) is 3.66. The maximum absolute atomic E-state index is 13.2. The number of amides is 1. The highest BCUT2D eigenvalue weighted by Gasteiger charge is 2.54. The van der Waals surface area contributed by atoms with Gasteiger partial charge in [0.25, 0.3) is 5.56 Å². The lowest BCUT2D eigenvalue weighted by atomic mass is 10.1. The van der Waals surface area contributed by atoms with E-state index in [-0.39, 0.29) is 65.6 Å². The first-order valence-corrected chi connectivity index (χ1v) is 25.3. The van der Waals surface area contributed by atoms with Crippen molar-refractivity contribution in [2.45, 2.75) is 109 Å². The minimum atomic E-state index is -3.94. The molecule has 2 aliphatic rings. The van der Waals surface area contributed by atoms with Gasteiger partial charge >= 0.3 is 15.0 Å². The van der Waals surface area contributed by atoms with Gasteiger partial charge in [-0.2, -0.15) is 15.5 Å². The number of nitrogens with zero attached hydrogens (tertiary/aromatic N) is 7. The van der Waals surface area contributed by atoms with E-state index in [0.717, 1.165) is 0 Å². The number of rotatable bonds is 18. The predicted molar refractivity (Wildman–Crippen MR) is 218 cm³/mol. The molecule has 59 heavy (non-hydrogen) atoms. The number of hydrogen-bond donors (Lipinski definition) is 5. The van der Waals surface area contributed by atoms with Crippen LogP contribution in [0.2, 0.25) is 18.1 Å². The van der Waals surface area contributed by atoms with E-state index < -0.39 is 83.8 Å². The molecule has 4 heterocycles. The van der Waals surface area contributed by atoms with Gasteiger partial charge in [0.2, 0.25) is 11.9 Å². The molecule has 1 amide bonds. The number of carbonyl (C=O) groups is 1. The number of H-pyrrole nitrogens is 1. The Labute approximate surface area is 347 Å². The van der Waals surface area contributed by atoms with E-state index in [1.165, 1.54) is 23.4 Å². The van der Waals surface area contributed by atoms with E-state index in [0.29, 0.717) is 6.42 Å². The third kappa shape index (κ3) is 11.2. The summed E-state index contributed by atoms with van der Waals surface area (Å²) in [6.45, 7) is 8.67. The summed E-state index contributed by atoms with van der Waals surface area (Å²) in [5.41, 5.74) is -0.495. The zero-order valence-electron chi connectivity index (χ0n) is 33.6. The molecule has 0 aromatic carbocycles. The van der Waals surface area contributed by atoms with Crippen LogP contribution in [0.25, 0.3) is 11.2 Å². The Bertz CT molecular complexity index is 2190. The summed E-state index contributed by atoms with van der Waals surface area (Å²) in [5, 5.41) is 35.1. The number of hydrogen-bond acceptors (Lipinski definition) is 18. The first kappa shape index (κ1) is 46.4. The SMILES string of the molecule is CC(C)C(=O)Nc1nc2c(ncn2[C@@H]2O[C@H](CO)[C@@H](O[Si](C)(C)C(C)(C)C)[C@@H]2OP(=S)(OCCC#N)OC[C@H]2C[C@@H](Nc3ncncc3C#N)C[C@@H]2O[P+](=O)O)c(=O)[nH]1. The normalized spacial score (nSPS) is 24.7. The van der Waals surface area contributed by atoms with Crippen LogP contribution in [0.3, 0.4) is 0 Å². The van der Waals surface area contributed by atoms with Crippen LogP contribution in [0.1, 0.15) is 65.7 Å². The van der Waals surface area contributed by atoms with Crippen molar-refractivity contribution in [2.75, 3.05) is 30.5 Å². The third-order valence-electron chi connectivity index (χ3n) is 10.4. The Balaban J connectivity index is 1.52. The molecule has 9 atom stereocenters. The van der Waals surface area contributed by atoms with Crippen LogP contribution in [0, 0.1) is 34.5 Å². The highest BCUT2D eigenvalue weighted by Crippen LogP contribution is 2.56. The average molecular weight is 896 g/mol. The lowest BCUT2D eigenvalue weighted by molar-refractivity contribution is -0.118. The van der Waals surface area contributed by atoms with Gasteiger partial charge in [-0.3, -0.25) is 29.0 Å². The number of aromatic amines is 1. The van der Waals surface area contributed by atoms with Gasteiger partial charge in [-0.1, -0.05) is 34.6 Å². The van der Waals surface area contributed by atoms with Crippen LogP contribution >= 0.6 is 15.0 Å². The van der Waals surface area contributed by atoms with E-state index in [1.807, 2.05) is 46.0 Å². The van der Waals surface area contributed by atoms with Crippen molar-refractivity contribution >= 4 is 63.9 Å². The number of aromatic nitrogens is 6. The van der Waals surface area contributed by atoms with Crippen LogP contribution in [-0.2, 0) is 48.4 Å². The largest absolute Gasteiger partial charge is 0.695 e. The smallest absolute Gasteiger partial charge is 0.408 e. The lowest BCUT2D eigenvalue weighted by Crippen LogP contribution is -2.50. The first-order chi connectivity index (χ1) is 27.8. The summed E-state index contributed by atoms with van der Waals surface area (Å²) < 4.78 is 51.2. The van der Waals surface area contributed by atoms with Crippen molar-refractivity contribution in [1.82, 2.24) is 29.5 Å². The van der Waals surface area contributed by atoms with E-state index in [2.05, 4.69) is 35.6 Å². The molecule has 1 saturated carbocycles. The molecule has 1 aliphatic carbocycles. The number of nitrogens with one attached hydrogen (secondary N) is 3. The monoisotopic (exact) mass is 895 g/mol. The zero-order valence-corrected chi connectivity index (χ0v) is 37.2. The number of nitriles is 2. The molecule has 2 fully saturated rings. The minimum Gasteiger partial charge on any atom is -0.408 e. The maximum atomic E-state index is 13.2. The number of anilines is 2. The Morgan fingerprint density at radius 3 is 2.63 bits per heavy atom. The van der Waals surface area contributed by atoms with E-state index in [1.54, 1.807) is 13.8 Å². The van der Waals surface area contributed by atoms with E-state index >= 15 is 0 Å². The second-order valence-corrected chi connectivity index (χ2v) is 24.3. The third-order valence-corrected chi connectivity index (χ3v) is 17.6. The molecule has 0 bridgehead atoms. The number of aliphatic hydroxyl groups is 1. The standard InChI is InChI=1S/C34H48N10O11P2SSi/c1-19(2)30(46)42-33-41-29-25(31(47)43-33)39-18-44(29)32-27(26(24(15-45)52-32)55-59(6,7)34(3,4)5)54-57(58,50-10-8-9-35)51-16-20-11-22(12-23(20)53-56(48)49)40-28-21(13-36)14-37-17-38-28/h14,17-20,22-24,26-27,32,45H,8,10-12,15-16H2,1-7H3,(H3-,37,38,40,41,42,43,46,47,48,49)/p+1/t20-,22-,23+,24-,26-,27+,32-,57?/m1/s1. The van der Waals surface area contributed by atoms with Crippen molar-refractivity contribution in [2.24, 2.45) is 11.8 Å². The number of aliphatic hydroxyl groups excluding tert-OH is 1. The lowest BCUT2D eigenvalue weighted by Gasteiger charge is -2.41. The molecule has 1 saturated heterocycles. The molecule has 3 aromatic rings. The van der Waals surface area contributed by atoms with Crippen LogP contribution < -0.4 is 16.2 Å². The first-order valence-electron chi connectivity index (χ1n) is 18.8. The molecule has 21 nitrogen and oxygen atoms in total. The summed E-state index contributed by atoms with van der Waals surface area (Å²) in [5.74, 6) is -1.21. The van der Waals surface area contributed by atoms with Crippen molar-refractivity contribution < 1.29 is 46.6 Å². The highest BCUT2D eigenvalue weighted by atomic mass is 32.5. The van der Waals surface area contributed by atoms with E-state index in [9.17, 15) is 34.7 Å². The van der Waals surface area contributed by atoms with Crippen LogP contribution in [-0.4, -0.2) is 104 Å². The number of ether oxygens (including phenoxy) is 1. The molecular weight excluding hydrogens is 847 g/mol. The van der Waals surface area contributed by atoms with Crippen LogP contribution in [0.5, 0.6) is 0 Å². The van der Waals surface area contributed by atoms with Gasteiger partial charge in [0, 0.05) is 22.4 Å². The second-order valence-electron chi connectivity index (χ2n) is 15.9. The quantitative estimate of drug-likeness (QED) is 0.0681. The Morgan fingerprint density at radius 2 is 1.98 bits per heavy atom. The van der Waals surface area contributed by atoms with Gasteiger partial charge in [0.05, 0.1) is 44.8 Å². The van der Waals surface area contributed by atoms with Crippen molar-refractivity contribution in [3.63, 3.8) is 0 Å². The second kappa shape index (κ2) is 19.4. The zero-order chi connectivity index (χ0) is 43.3. The van der Waals surface area contributed by atoms with Crippen molar-refractivity contribution in [3.05, 3.63) is 34.8 Å². The predicted octanol–water partition coefficient (Wildman–Crippen LogP) is 4.14. The van der Waals surface area contributed by atoms with Crippen molar-refractivity contribution in [1.29, 1.82) is 10.5 Å². The van der Waals surface area contributed by atoms with Crippen molar-refractivity contribution in [3.8, 4) is 12.1 Å². The summed E-state index contributed by atoms with van der Waals surface area (Å²) in [6.07, 6.45) is -0.764. The number of imidazole rings is 1. The van der Waals surface area contributed by atoms with Gasteiger partial charge in [-0.25, -0.2) is 15.0 Å². The van der Waals surface area contributed by atoms with E-state index in [4.69, 9.17) is 39.1 Å². The maximum Gasteiger partial charge on any atom is 0.695 e. The molecule has 3 aromatic heterocycles.